The Labute approximate surface area is 137 Å². The first-order valence-electron chi connectivity index (χ1n) is 8.06. The molecule has 0 fully saturated rings. The van der Waals surface area contributed by atoms with Gasteiger partial charge in [0.05, 0.1) is 6.61 Å². The Morgan fingerprint density at radius 1 is 1.13 bits per heavy atom. The van der Waals surface area contributed by atoms with E-state index in [-0.39, 0.29) is 6.61 Å². The van der Waals surface area contributed by atoms with Gasteiger partial charge in [0.15, 0.2) is 0 Å². The highest BCUT2D eigenvalue weighted by molar-refractivity contribution is 5.40. The predicted octanol–water partition coefficient (Wildman–Crippen LogP) is 2.67. The number of fused-ring (bicyclic) bond motifs is 1. The van der Waals surface area contributed by atoms with Crippen molar-refractivity contribution in [3.8, 4) is 11.5 Å². The third kappa shape index (κ3) is 4.24. The quantitative estimate of drug-likeness (QED) is 0.825. The lowest BCUT2D eigenvalue weighted by Crippen LogP contribution is -2.12. The molecule has 0 unspecified atom stereocenters. The van der Waals surface area contributed by atoms with Gasteiger partial charge in [-0.15, -0.1) is 0 Å². The molecule has 122 valence electrons. The van der Waals surface area contributed by atoms with Crippen molar-refractivity contribution in [3.63, 3.8) is 0 Å². The Hall–Kier alpha value is -2.04. The largest absolute Gasteiger partial charge is 0.491 e. The predicted molar refractivity (Wildman–Crippen MR) is 89.8 cm³/mol. The summed E-state index contributed by atoms with van der Waals surface area (Å²) in [4.78, 5) is 0. The van der Waals surface area contributed by atoms with E-state index in [1.807, 2.05) is 24.3 Å². The molecule has 3 rings (SSSR count). The SMILES string of the molecule is C[C@@H]1Cc2cc(CNCc3ccc(OCCO)cc3)ccc2O1. The van der Waals surface area contributed by atoms with Gasteiger partial charge < -0.3 is 19.9 Å². The van der Waals surface area contributed by atoms with Crippen LogP contribution in [0.4, 0.5) is 0 Å². The Morgan fingerprint density at radius 3 is 2.65 bits per heavy atom. The zero-order chi connectivity index (χ0) is 16.1. The van der Waals surface area contributed by atoms with E-state index in [1.54, 1.807) is 0 Å². The van der Waals surface area contributed by atoms with Crippen LogP contribution in [0.25, 0.3) is 0 Å². The molecule has 1 aliphatic heterocycles. The maximum Gasteiger partial charge on any atom is 0.123 e. The van der Waals surface area contributed by atoms with Crippen molar-refractivity contribution >= 4 is 0 Å². The molecule has 1 heterocycles. The molecule has 1 atom stereocenters. The summed E-state index contributed by atoms with van der Waals surface area (Å²) in [6.07, 6.45) is 1.29. The van der Waals surface area contributed by atoms with Crippen LogP contribution in [0.5, 0.6) is 11.5 Å². The van der Waals surface area contributed by atoms with Gasteiger partial charge in [0.2, 0.25) is 0 Å². The number of aliphatic hydroxyl groups excluding tert-OH is 1. The van der Waals surface area contributed by atoms with Gasteiger partial charge in [-0.25, -0.2) is 0 Å². The first kappa shape index (κ1) is 15.8. The molecule has 23 heavy (non-hydrogen) atoms. The van der Waals surface area contributed by atoms with Gasteiger partial charge in [-0.05, 0) is 41.8 Å². The van der Waals surface area contributed by atoms with Crippen molar-refractivity contribution in [3.05, 3.63) is 59.2 Å². The molecule has 4 heteroatoms. The van der Waals surface area contributed by atoms with E-state index in [0.29, 0.717) is 12.7 Å². The van der Waals surface area contributed by atoms with Gasteiger partial charge >= 0.3 is 0 Å². The smallest absolute Gasteiger partial charge is 0.123 e. The highest BCUT2D eigenvalue weighted by Crippen LogP contribution is 2.29. The van der Waals surface area contributed by atoms with Gasteiger partial charge in [0, 0.05) is 19.5 Å². The van der Waals surface area contributed by atoms with Crippen LogP contribution in [-0.2, 0) is 19.5 Å². The Balaban J connectivity index is 1.49. The van der Waals surface area contributed by atoms with Crippen molar-refractivity contribution in [2.24, 2.45) is 0 Å². The van der Waals surface area contributed by atoms with Gasteiger partial charge in [-0.2, -0.15) is 0 Å². The number of ether oxygens (including phenoxy) is 2. The van der Waals surface area contributed by atoms with Crippen LogP contribution in [0.15, 0.2) is 42.5 Å². The molecule has 0 saturated heterocycles. The molecule has 0 radical (unpaired) electrons. The second-order valence-corrected chi connectivity index (χ2v) is 5.89. The highest BCUT2D eigenvalue weighted by Gasteiger charge is 2.18. The fraction of sp³-hybridized carbons (Fsp3) is 0.368. The monoisotopic (exact) mass is 313 g/mol. The van der Waals surface area contributed by atoms with Gasteiger partial charge in [0.25, 0.3) is 0 Å². The number of hydrogen-bond acceptors (Lipinski definition) is 4. The minimum atomic E-state index is 0.0356. The zero-order valence-electron chi connectivity index (χ0n) is 13.4. The summed E-state index contributed by atoms with van der Waals surface area (Å²) in [5.74, 6) is 1.82. The summed E-state index contributed by atoms with van der Waals surface area (Å²) in [6.45, 7) is 4.12. The lowest BCUT2D eigenvalue weighted by molar-refractivity contribution is 0.201. The van der Waals surface area contributed by atoms with E-state index in [0.717, 1.165) is 31.0 Å². The van der Waals surface area contributed by atoms with Crippen LogP contribution < -0.4 is 14.8 Å². The molecule has 0 amide bonds. The minimum absolute atomic E-state index is 0.0356. The van der Waals surface area contributed by atoms with Crippen LogP contribution in [0, 0.1) is 0 Å². The lowest BCUT2D eigenvalue weighted by atomic mass is 10.1. The third-order valence-electron chi connectivity index (χ3n) is 3.90. The van der Waals surface area contributed by atoms with Crippen LogP contribution >= 0.6 is 0 Å². The van der Waals surface area contributed by atoms with Crippen molar-refractivity contribution in [2.45, 2.75) is 32.5 Å². The summed E-state index contributed by atoms with van der Waals surface area (Å²) < 4.78 is 11.1. The second-order valence-electron chi connectivity index (χ2n) is 5.89. The molecule has 2 aromatic carbocycles. The molecule has 2 aromatic rings. The van der Waals surface area contributed by atoms with E-state index < -0.39 is 0 Å². The highest BCUT2D eigenvalue weighted by atomic mass is 16.5. The van der Waals surface area contributed by atoms with Crippen LogP contribution in [0.2, 0.25) is 0 Å². The molecule has 0 saturated carbocycles. The summed E-state index contributed by atoms with van der Waals surface area (Å²) in [5.41, 5.74) is 3.80. The molecule has 0 aliphatic carbocycles. The average Bonchev–Trinajstić information content (AvgIpc) is 2.93. The molecule has 0 aromatic heterocycles. The van der Waals surface area contributed by atoms with Crippen molar-refractivity contribution in [1.82, 2.24) is 5.32 Å². The first-order valence-corrected chi connectivity index (χ1v) is 8.06. The van der Waals surface area contributed by atoms with Crippen LogP contribution in [0.1, 0.15) is 23.6 Å². The van der Waals surface area contributed by atoms with Gasteiger partial charge in [-0.3, -0.25) is 0 Å². The molecule has 1 aliphatic rings. The van der Waals surface area contributed by atoms with E-state index in [2.05, 4.69) is 30.4 Å². The summed E-state index contributed by atoms with van der Waals surface area (Å²) in [6, 6.07) is 14.4. The minimum Gasteiger partial charge on any atom is -0.491 e. The van der Waals surface area contributed by atoms with Gasteiger partial charge in [0.1, 0.15) is 24.2 Å². The summed E-state index contributed by atoms with van der Waals surface area (Å²) in [5, 5.41) is 12.2. The number of nitrogens with one attached hydrogen (secondary N) is 1. The first-order chi connectivity index (χ1) is 11.2. The molecule has 4 nitrogen and oxygen atoms in total. The fourth-order valence-corrected chi connectivity index (χ4v) is 2.80. The lowest BCUT2D eigenvalue weighted by Gasteiger charge is -2.08. The number of hydrogen-bond donors (Lipinski definition) is 2. The maximum atomic E-state index is 8.74. The van der Waals surface area contributed by atoms with Crippen molar-refractivity contribution in [2.75, 3.05) is 13.2 Å². The molecule has 0 bridgehead atoms. The van der Waals surface area contributed by atoms with Crippen LogP contribution in [0.3, 0.4) is 0 Å². The Bertz CT molecular complexity index is 640. The molecular formula is C19H23NO3. The number of rotatable bonds is 7. The summed E-state index contributed by atoms with van der Waals surface area (Å²) in [7, 11) is 0. The third-order valence-corrected chi connectivity index (χ3v) is 3.90. The van der Waals surface area contributed by atoms with E-state index in [9.17, 15) is 0 Å². The van der Waals surface area contributed by atoms with Crippen molar-refractivity contribution in [1.29, 1.82) is 0 Å². The van der Waals surface area contributed by atoms with E-state index in [1.165, 1.54) is 16.7 Å². The van der Waals surface area contributed by atoms with Gasteiger partial charge in [-0.1, -0.05) is 24.3 Å². The molecular weight excluding hydrogens is 290 g/mol. The Morgan fingerprint density at radius 2 is 1.87 bits per heavy atom. The van der Waals surface area contributed by atoms with Crippen molar-refractivity contribution < 1.29 is 14.6 Å². The summed E-state index contributed by atoms with van der Waals surface area (Å²) >= 11 is 0. The van der Waals surface area contributed by atoms with E-state index >= 15 is 0 Å². The molecule has 0 spiro atoms. The standard InChI is InChI=1S/C19H23NO3/c1-14-10-17-11-16(4-7-19(17)23-14)13-20-12-15-2-5-18(6-3-15)22-9-8-21/h2-7,11,14,20-21H,8-10,12-13H2,1H3/t14-/m1/s1. The number of aliphatic hydroxyl groups is 1. The average molecular weight is 313 g/mol. The Kier molecular flexibility index (Phi) is 5.16. The second kappa shape index (κ2) is 7.49. The van der Waals surface area contributed by atoms with E-state index in [4.69, 9.17) is 14.6 Å². The van der Waals surface area contributed by atoms with Crippen LogP contribution in [-0.4, -0.2) is 24.4 Å². The topological polar surface area (TPSA) is 50.7 Å². The maximum absolute atomic E-state index is 8.74. The number of benzene rings is 2. The fourth-order valence-electron chi connectivity index (χ4n) is 2.80. The zero-order valence-corrected chi connectivity index (χ0v) is 13.4. The normalized spacial score (nSPS) is 16.0. The molecule has 2 N–H and O–H groups in total.